The molecule has 1 amide bonds. The number of carbonyl (C=O) groups excluding carboxylic acids is 1. The predicted molar refractivity (Wildman–Crippen MR) is 129 cm³/mol. The van der Waals surface area contributed by atoms with E-state index in [4.69, 9.17) is 16.6 Å². The standard InChI is InChI=1S/C25H23BrClN3O3/c26-17-6-1-4-15(12-17)21(31)23(33)30-11-3-8-20-19(14-30)22(32)29-24(28-20)25(9-10-25)16-5-2-7-18(27)13-16/h1-2,4-7,12-13,21,31H,3,8-11,14H2,(H,28,29,32). The monoisotopic (exact) mass is 527 g/mol. The number of aromatic nitrogens is 2. The van der Waals surface area contributed by atoms with Gasteiger partial charge >= 0.3 is 0 Å². The summed E-state index contributed by atoms with van der Waals surface area (Å²) in [6.45, 7) is 0.584. The fraction of sp³-hybridized carbons (Fsp3) is 0.320. The van der Waals surface area contributed by atoms with Crippen molar-refractivity contribution in [2.45, 2.75) is 43.7 Å². The molecular formula is C25H23BrClN3O3. The molecule has 170 valence electrons. The highest BCUT2D eigenvalue weighted by Gasteiger charge is 2.48. The lowest BCUT2D eigenvalue weighted by molar-refractivity contribution is -0.141. The number of rotatable bonds is 4. The molecule has 0 spiro atoms. The second-order valence-corrected chi connectivity index (χ2v) is 10.1. The number of hydrogen-bond donors (Lipinski definition) is 2. The first kappa shape index (κ1) is 22.3. The minimum absolute atomic E-state index is 0.131. The van der Waals surface area contributed by atoms with Gasteiger partial charge in [0.05, 0.1) is 23.2 Å². The van der Waals surface area contributed by atoms with Gasteiger partial charge in [-0.3, -0.25) is 9.59 Å². The summed E-state index contributed by atoms with van der Waals surface area (Å²) in [5.41, 5.74) is 2.26. The summed E-state index contributed by atoms with van der Waals surface area (Å²) >= 11 is 9.58. The lowest BCUT2D eigenvalue weighted by Gasteiger charge is -2.24. The second kappa shape index (κ2) is 8.70. The van der Waals surface area contributed by atoms with Gasteiger partial charge in [-0.1, -0.05) is 51.8 Å². The molecule has 8 heteroatoms. The predicted octanol–water partition coefficient (Wildman–Crippen LogP) is 4.27. The van der Waals surface area contributed by atoms with Crippen LogP contribution in [0, 0.1) is 0 Å². The van der Waals surface area contributed by atoms with Gasteiger partial charge in [0, 0.05) is 16.0 Å². The summed E-state index contributed by atoms with van der Waals surface area (Å²) < 4.78 is 0.787. The summed E-state index contributed by atoms with van der Waals surface area (Å²) in [5.74, 6) is 0.254. The fourth-order valence-electron chi connectivity index (χ4n) is 4.60. The lowest BCUT2D eigenvalue weighted by atomic mass is 9.94. The van der Waals surface area contributed by atoms with E-state index in [1.54, 1.807) is 23.1 Å². The van der Waals surface area contributed by atoms with Crippen LogP contribution in [0.15, 0.2) is 57.8 Å². The van der Waals surface area contributed by atoms with Crippen molar-refractivity contribution in [3.8, 4) is 0 Å². The maximum atomic E-state index is 13.1. The van der Waals surface area contributed by atoms with Crippen molar-refractivity contribution in [3.63, 3.8) is 0 Å². The number of hydrogen-bond acceptors (Lipinski definition) is 4. The average Bonchev–Trinajstić information content (AvgIpc) is 3.62. The average molecular weight is 529 g/mol. The van der Waals surface area contributed by atoms with E-state index < -0.39 is 12.0 Å². The zero-order valence-electron chi connectivity index (χ0n) is 17.9. The van der Waals surface area contributed by atoms with Crippen molar-refractivity contribution in [2.24, 2.45) is 0 Å². The van der Waals surface area contributed by atoms with E-state index in [0.717, 1.165) is 28.6 Å². The van der Waals surface area contributed by atoms with Crippen LogP contribution in [0.2, 0.25) is 5.02 Å². The molecule has 2 aromatic carbocycles. The van der Waals surface area contributed by atoms with E-state index in [0.29, 0.717) is 41.4 Å². The van der Waals surface area contributed by atoms with E-state index in [1.165, 1.54) is 0 Å². The Labute approximate surface area is 204 Å². The third kappa shape index (κ3) is 4.25. The van der Waals surface area contributed by atoms with E-state index in [1.807, 2.05) is 30.3 Å². The summed E-state index contributed by atoms with van der Waals surface area (Å²) in [6.07, 6.45) is 1.79. The van der Waals surface area contributed by atoms with Crippen molar-refractivity contribution in [3.05, 3.63) is 96.6 Å². The Bertz CT molecular complexity index is 1290. The van der Waals surface area contributed by atoms with Crippen molar-refractivity contribution in [1.29, 1.82) is 0 Å². The molecule has 2 aliphatic rings. The molecule has 1 atom stereocenters. The van der Waals surface area contributed by atoms with Crippen molar-refractivity contribution in [2.75, 3.05) is 6.54 Å². The first-order valence-electron chi connectivity index (χ1n) is 11.0. The molecule has 1 aliphatic heterocycles. The molecule has 0 radical (unpaired) electrons. The molecule has 1 aliphatic carbocycles. The SMILES string of the molecule is O=C(C(O)c1cccc(Br)c1)N1CCCc2nc(C3(c4cccc(Cl)c4)CC3)[nH]c(=O)c2C1. The molecule has 6 nitrogen and oxygen atoms in total. The largest absolute Gasteiger partial charge is 0.378 e. The quantitative estimate of drug-likeness (QED) is 0.529. The van der Waals surface area contributed by atoms with E-state index >= 15 is 0 Å². The molecule has 5 rings (SSSR count). The Balaban J connectivity index is 1.43. The molecule has 1 unspecified atom stereocenters. The highest BCUT2D eigenvalue weighted by Crippen LogP contribution is 2.52. The topological polar surface area (TPSA) is 86.3 Å². The zero-order valence-corrected chi connectivity index (χ0v) is 20.2. The Morgan fingerprint density at radius 3 is 2.73 bits per heavy atom. The maximum absolute atomic E-state index is 13.1. The number of aryl methyl sites for hydroxylation is 1. The third-order valence-electron chi connectivity index (χ3n) is 6.58. The van der Waals surface area contributed by atoms with Gasteiger partial charge in [-0.05, 0) is 61.1 Å². The number of aromatic amines is 1. The molecular weight excluding hydrogens is 506 g/mol. The molecule has 2 N–H and O–H groups in total. The maximum Gasteiger partial charge on any atom is 0.256 e. The van der Waals surface area contributed by atoms with Gasteiger partial charge < -0.3 is 15.0 Å². The van der Waals surface area contributed by atoms with Crippen molar-refractivity contribution < 1.29 is 9.90 Å². The number of amides is 1. The molecule has 3 aromatic rings. The first-order chi connectivity index (χ1) is 15.9. The molecule has 0 saturated heterocycles. The number of fused-ring (bicyclic) bond motifs is 1. The Kier molecular flexibility index (Phi) is 5.89. The van der Waals surface area contributed by atoms with Crippen LogP contribution in [0.1, 0.15) is 53.6 Å². The number of halogens is 2. The van der Waals surface area contributed by atoms with Gasteiger partial charge in [0.15, 0.2) is 6.10 Å². The van der Waals surface area contributed by atoms with Gasteiger partial charge in [0.1, 0.15) is 5.82 Å². The number of aliphatic hydroxyl groups is 1. The summed E-state index contributed by atoms with van der Waals surface area (Å²) in [6, 6.07) is 14.8. The summed E-state index contributed by atoms with van der Waals surface area (Å²) in [5, 5.41) is 11.3. The molecule has 1 saturated carbocycles. The molecule has 1 fully saturated rings. The Morgan fingerprint density at radius 2 is 2.00 bits per heavy atom. The lowest BCUT2D eigenvalue weighted by Crippen LogP contribution is -2.36. The smallest absolute Gasteiger partial charge is 0.256 e. The van der Waals surface area contributed by atoms with Crippen molar-refractivity contribution in [1.82, 2.24) is 14.9 Å². The third-order valence-corrected chi connectivity index (χ3v) is 7.31. The van der Waals surface area contributed by atoms with Crippen LogP contribution in [-0.4, -0.2) is 32.4 Å². The van der Waals surface area contributed by atoms with Crippen LogP contribution < -0.4 is 5.56 Å². The van der Waals surface area contributed by atoms with E-state index in [9.17, 15) is 14.7 Å². The first-order valence-corrected chi connectivity index (χ1v) is 12.2. The molecule has 2 heterocycles. The van der Waals surface area contributed by atoms with Crippen LogP contribution in [-0.2, 0) is 23.2 Å². The van der Waals surface area contributed by atoms with Crippen LogP contribution in [0.3, 0.4) is 0 Å². The minimum atomic E-state index is -1.28. The van der Waals surface area contributed by atoms with Gasteiger partial charge in [-0.25, -0.2) is 4.98 Å². The number of nitrogens with zero attached hydrogens (tertiary/aromatic N) is 2. The Morgan fingerprint density at radius 1 is 1.21 bits per heavy atom. The van der Waals surface area contributed by atoms with Crippen LogP contribution in [0.4, 0.5) is 0 Å². The number of H-pyrrole nitrogens is 1. The van der Waals surface area contributed by atoms with Crippen LogP contribution in [0.25, 0.3) is 0 Å². The molecule has 0 bridgehead atoms. The van der Waals surface area contributed by atoms with Gasteiger partial charge in [0.25, 0.3) is 11.5 Å². The Hall–Kier alpha value is -2.48. The van der Waals surface area contributed by atoms with Crippen LogP contribution in [0.5, 0.6) is 0 Å². The highest BCUT2D eigenvalue weighted by atomic mass is 79.9. The number of nitrogens with one attached hydrogen (secondary N) is 1. The number of carbonyl (C=O) groups is 1. The van der Waals surface area contributed by atoms with Gasteiger partial charge in [0.2, 0.25) is 0 Å². The van der Waals surface area contributed by atoms with Crippen molar-refractivity contribution >= 4 is 33.4 Å². The van der Waals surface area contributed by atoms with Gasteiger partial charge in [-0.15, -0.1) is 0 Å². The number of benzene rings is 2. The highest BCUT2D eigenvalue weighted by molar-refractivity contribution is 9.10. The summed E-state index contributed by atoms with van der Waals surface area (Å²) in [7, 11) is 0. The molecule has 33 heavy (non-hydrogen) atoms. The zero-order chi connectivity index (χ0) is 23.2. The second-order valence-electron chi connectivity index (χ2n) is 8.75. The van der Waals surface area contributed by atoms with E-state index in [-0.39, 0.29) is 17.5 Å². The normalized spacial score (nSPS) is 17.7. The van der Waals surface area contributed by atoms with Crippen LogP contribution >= 0.6 is 27.5 Å². The summed E-state index contributed by atoms with van der Waals surface area (Å²) in [4.78, 5) is 35.6. The number of aliphatic hydroxyl groups excluding tert-OH is 1. The molecule has 1 aromatic heterocycles. The minimum Gasteiger partial charge on any atom is -0.378 e. The fourth-order valence-corrected chi connectivity index (χ4v) is 5.21. The van der Waals surface area contributed by atoms with E-state index in [2.05, 4.69) is 20.9 Å². The van der Waals surface area contributed by atoms with Gasteiger partial charge in [-0.2, -0.15) is 0 Å².